The Kier molecular flexibility index (Phi) is 4.36. The Morgan fingerprint density at radius 1 is 1.40 bits per heavy atom. The molecule has 1 aromatic carbocycles. The van der Waals surface area contributed by atoms with Crippen LogP contribution in [-0.4, -0.2) is 17.7 Å². The van der Waals surface area contributed by atoms with Gasteiger partial charge in [0.2, 0.25) is 0 Å². The van der Waals surface area contributed by atoms with Crippen LogP contribution in [0.4, 0.5) is 0 Å². The molecule has 1 aliphatic carbocycles. The number of hydrogen-bond donors (Lipinski definition) is 1. The van der Waals surface area contributed by atoms with Gasteiger partial charge in [0.1, 0.15) is 5.75 Å². The molecule has 0 radical (unpaired) electrons. The van der Waals surface area contributed by atoms with Crippen LogP contribution in [0, 0.1) is 31.6 Å². The van der Waals surface area contributed by atoms with Gasteiger partial charge in [-0.25, -0.2) is 0 Å². The standard InChI is InChI=1S/C17H24O3/c1-5-20-13-6-10(2)14(11(3)7-13)8-12(4)15-9-16(15)17(18)19/h6-7,12,15-16H,5,8-9H2,1-4H3,(H,18,19). The monoisotopic (exact) mass is 276 g/mol. The van der Waals surface area contributed by atoms with E-state index in [0.29, 0.717) is 18.4 Å². The molecule has 1 N–H and O–H groups in total. The number of aryl methyl sites for hydroxylation is 2. The van der Waals surface area contributed by atoms with Crippen molar-refractivity contribution in [3.8, 4) is 5.75 Å². The minimum absolute atomic E-state index is 0.117. The normalized spacial score (nSPS) is 22.4. The summed E-state index contributed by atoms with van der Waals surface area (Å²) in [5.41, 5.74) is 3.83. The van der Waals surface area contributed by atoms with Crippen LogP contribution < -0.4 is 4.74 Å². The summed E-state index contributed by atoms with van der Waals surface area (Å²) in [6, 6.07) is 4.17. The second kappa shape index (κ2) is 5.86. The van der Waals surface area contributed by atoms with Crippen LogP contribution in [0.15, 0.2) is 12.1 Å². The van der Waals surface area contributed by atoms with Gasteiger partial charge >= 0.3 is 5.97 Å². The third-order valence-corrected chi connectivity index (χ3v) is 4.39. The van der Waals surface area contributed by atoms with Crippen molar-refractivity contribution in [2.24, 2.45) is 17.8 Å². The van der Waals surface area contributed by atoms with Crippen LogP contribution in [0.3, 0.4) is 0 Å². The van der Waals surface area contributed by atoms with Crippen LogP contribution in [0.25, 0.3) is 0 Å². The van der Waals surface area contributed by atoms with E-state index in [1.54, 1.807) is 0 Å². The number of hydrogen-bond acceptors (Lipinski definition) is 2. The molecular weight excluding hydrogens is 252 g/mol. The highest BCUT2D eigenvalue weighted by molar-refractivity contribution is 5.73. The molecule has 1 fully saturated rings. The van der Waals surface area contributed by atoms with Crippen molar-refractivity contribution in [3.63, 3.8) is 0 Å². The summed E-state index contributed by atoms with van der Waals surface area (Å²) in [6.07, 6.45) is 1.80. The predicted molar refractivity (Wildman–Crippen MR) is 79.2 cm³/mol. The molecule has 0 saturated heterocycles. The molecule has 0 heterocycles. The lowest BCUT2D eigenvalue weighted by Gasteiger charge is -2.17. The van der Waals surface area contributed by atoms with Gasteiger partial charge in [-0.2, -0.15) is 0 Å². The summed E-state index contributed by atoms with van der Waals surface area (Å²) in [6.45, 7) is 9.05. The van der Waals surface area contributed by atoms with Crippen LogP contribution in [-0.2, 0) is 11.2 Å². The van der Waals surface area contributed by atoms with Gasteiger partial charge in [0, 0.05) is 0 Å². The smallest absolute Gasteiger partial charge is 0.306 e. The molecular formula is C17H24O3. The van der Waals surface area contributed by atoms with Crippen molar-refractivity contribution < 1.29 is 14.6 Å². The summed E-state index contributed by atoms with van der Waals surface area (Å²) < 4.78 is 5.56. The summed E-state index contributed by atoms with van der Waals surface area (Å²) in [5.74, 6) is 0.938. The average Bonchev–Trinajstić information content (AvgIpc) is 3.14. The summed E-state index contributed by atoms with van der Waals surface area (Å²) in [7, 11) is 0. The van der Waals surface area contributed by atoms with Crippen molar-refractivity contribution in [2.45, 2.75) is 40.5 Å². The molecule has 3 unspecified atom stereocenters. The molecule has 0 bridgehead atoms. The van der Waals surface area contributed by atoms with Crippen LogP contribution in [0.1, 0.15) is 37.0 Å². The van der Waals surface area contributed by atoms with Crippen LogP contribution >= 0.6 is 0 Å². The molecule has 3 heteroatoms. The predicted octanol–water partition coefficient (Wildman–Crippen LogP) is 3.60. The fourth-order valence-electron chi connectivity index (χ4n) is 3.13. The maximum absolute atomic E-state index is 11.0. The van der Waals surface area contributed by atoms with Gasteiger partial charge in [-0.05, 0) is 74.3 Å². The highest BCUT2D eigenvalue weighted by Crippen LogP contribution is 2.45. The van der Waals surface area contributed by atoms with Gasteiger partial charge in [-0.3, -0.25) is 4.79 Å². The first-order valence-electron chi connectivity index (χ1n) is 7.39. The number of aliphatic carboxylic acids is 1. The van der Waals surface area contributed by atoms with E-state index in [9.17, 15) is 4.79 Å². The fraction of sp³-hybridized carbons (Fsp3) is 0.588. The molecule has 2 rings (SSSR count). The lowest BCUT2D eigenvalue weighted by atomic mass is 9.90. The third kappa shape index (κ3) is 3.14. The second-order valence-electron chi connectivity index (χ2n) is 5.99. The summed E-state index contributed by atoms with van der Waals surface area (Å²) in [5, 5.41) is 9.03. The van der Waals surface area contributed by atoms with Crippen molar-refractivity contribution >= 4 is 5.97 Å². The Bertz CT molecular complexity index is 484. The van der Waals surface area contributed by atoms with Gasteiger partial charge < -0.3 is 9.84 Å². The van der Waals surface area contributed by atoms with E-state index in [1.165, 1.54) is 16.7 Å². The highest BCUT2D eigenvalue weighted by atomic mass is 16.5. The molecule has 110 valence electrons. The number of rotatable bonds is 6. The first-order valence-corrected chi connectivity index (χ1v) is 7.39. The first kappa shape index (κ1) is 14.9. The van der Waals surface area contributed by atoms with Crippen LogP contribution in [0.2, 0.25) is 0 Å². The Morgan fingerprint density at radius 2 is 2.00 bits per heavy atom. The molecule has 0 aromatic heterocycles. The maximum atomic E-state index is 11.0. The fourth-order valence-corrected chi connectivity index (χ4v) is 3.13. The lowest BCUT2D eigenvalue weighted by molar-refractivity contribution is -0.139. The summed E-state index contributed by atoms with van der Waals surface area (Å²) >= 11 is 0. The largest absolute Gasteiger partial charge is 0.494 e. The van der Waals surface area contributed by atoms with E-state index in [2.05, 4.69) is 32.9 Å². The summed E-state index contributed by atoms with van der Waals surface area (Å²) in [4.78, 5) is 11.0. The van der Waals surface area contributed by atoms with E-state index in [-0.39, 0.29) is 5.92 Å². The zero-order valence-corrected chi connectivity index (χ0v) is 12.8. The molecule has 3 atom stereocenters. The third-order valence-electron chi connectivity index (χ3n) is 4.39. The van der Waals surface area contributed by atoms with E-state index in [0.717, 1.165) is 18.6 Å². The quantitative estimate of drug-likeness (QED) is 0.863. The molecule has 1 aliphatic rings. The molecule has 0 spiro atoms. The van der Waals surface area contributed by atoms with Gasteiger partial charge in [0.05, 0.1) is 12.5 Å². The molecule has 0 aliphatic heterocycles. The molecule has 20 heavy (non-hydrogen) atoms. The van der Waals surface area contributed by atoms with Crippen molar-refractivity contribution in [3.05, 3.63) is 28.8 Å². The van der Waals surface area contributed by atoms with E-state index < -0.39 is 5.97 Å². The number of carboxylic acid groups (broad SMARTS) is 1. The number of ether oxygens (including phenoxy) is 1. The highest BCUT2D eigenvalue weighted by Gasteiger charge is 2.46. The Labute approximate surface area is 121 Å². The molecule has 3 nitrogen and oxygen atoms in total. The number of carbonyl (C=O) groups is 1. The zero-order chi connectivity index (χ0) is 14.9. The topological polar surface area (TPSA) is 46.5 Å². The van der Waals surface area contributed by atoms with E-state index in [1.807, 2.05) is 6.92 Å². The van der Waals surface area contributed by atoms with Gasteiger partial charge in [0.15, 0.2) is 0 Å². The SMILES string of the molecule is CCOc1cc(C)c(CC(C)C2CC2C(=O)O)c(C)c1. The lowest BCUT2D eigenvalue weighted by Crippen LogP contribution is -2.10. The van der Waals surface area contributed by atoms with Gasteiger partial charge in [-0.1, -0.05) is 6.92 Å². The zero-order valence-electron chi connectivity index (χ0n) is 12.8. The Balaban J connectivity index is 2.08. The van der Waals surface area contributed by atoms with E-state index in [4.69, 9.17) is 9.84 Å². The molecule has 0 amide bonds. The first-order chi connectivity index (χ1) is 9.43. The minimum Gasteiger partial charge on any atom is -0.494 e. The Morgan fingerprint density at radius 3 is 2.45 bits per heavy atom. The van der Waals surface area contributed by atoms with Crippen molar-refractivity contribution in [2.75, 3.05) is 6.61 Å². The second-order valence-corrected chi connectivity index (χ2v) is 5.99. The number of carboxylic acids is 1. The molecule has 1 aromatic rings. The Hall–Kier alpha value is -1.51. The van der Waals surface area contributed by atoms with E-state index >= 15 is 0 Å². The van der Waals surface area contributed by atoms with Crippen molar-refractivity contribution in [1.82, 2.24) is 0 Å². The van der Waals surface area contributed by atoms with Gasteiger partial charge in [-0.15, -0.1) is 0 Å². The average molecular weight is 276 g/mol. The maximum Gasteiger partial charge on any atom is 0.306 e. The molecule has 1 saturated carbocycles. The van der Waals surface area contributed by atoms with Gasteiger partial charge in [0.25, 0.3) is 0 Å². The number of benzene rings is 1. The van der Waals surface area contributed by atoms with Crippen LogP contribution in [0.5, 0.6) is 5.75 Å². The minimum atomic E-state index is -0.637. The van der Waals surface area contributed by atoms with Crippen molar-refractivity contribution in [1.29, 1.82) is 0 Å².